The smallest absolute Gasteiger partial charge is 0.338 e. The maximum Gasteiger partial charge on any atom is 0.338 e. The Morgan fingerprint density at radius 3 is 2.77 bits per heavy atom. The highest BCUT2D eigenvalue weighted by Gasteiger charge is 2.13. The fourth-order valence-electron chi connectivity index (χ4n) is 2.82. The van der Waals surface area contributed by atoms with Gasteiger partial charge in [-0.05, 0) is 53.2 Å². The summed E-state index contributed by atoms with van der Waals surface area (Å²) in [5.41, 5.74) is 1.18. The van der Waals surface area contributed by atoms with Gasteiger partial charge in [0.25, 0.3) is 11.5 Å². The lowest BCUT2D eigenvalue weighted by atomic mass is 10.1. The first-order valence-electron chi connectivity index (χ1n) is 9.10. The zero-order chi connectivity index (χ0) is 22.0. The van der Waals surface area contributed by atoms with Crippen LogP contribution in [-0.4, -0.2) is 26.5 Å². The van der Waals surface area contributed by atoms with E-state index in [1.54, 1.807) is 43.3 Å². The largest absolute Gasteiger partial charge is 0.456 e. The van der Waals surface area contributed by atoms with Crippen molar-refractivity contribution in [3.8, 4) is 0 Å². The van der Waals surface area contributed by atoms with Crippen LogP contribution in [0.4, 0.5) is 5.69 Å². The number of hydrogen-bond donors (Lipinski definition) is 1. The van der Waals surface area contributed by atoms with Gasteiger partial charge in [0.05, 0.1) is 16.8 Å². The molecule has 0 radical (unpaired) electrons. The molecule has 4 rings (SSSR count). The first-order chi connectivity index (χ1) is 14.9. The number of esters is 1. The quantitative estimate of drug-likeness (QED) is 0.419. The van der Waals surface area contributed by atoms with Crippen molar-refractivity contribution in [2.75, 3.05) is 5.32 Å². The summed E-state index contributed by atoms with van der Waals surface area (Å²) < 4.78 is 7.18. The number of aromatic nitrogens is 3. The normalized spacial score (nSPS) is 10.8. The van der Waals surface area contributed by atoms with Crippen LogP contribution in [-0.2, 0) is 11.3 Å². The van der Waals surface area contributed by atoms with E-state index in [4.69, 9.17) is 4.74 Å². The van der Waals surface area contributed by atoms with Gasteiger partial charge in [-0.15, -0.1) is 0 Å². The molecule has 156 valence electrons. The van der Waals surface area contributed by atoms with Gasteiger partial charge < -0.3 is 10.1 Å². The molecule has 0 aliphatic carbocycles. The average Bonchev–Trinajstić information content (AvgIpc) is 3.13. The Morgan fingerprint density at radius 2 is 1.97 bits per heavy atom. The SMILES string of the molecule is Cc1nn2c(=O)cc(COC(=O)c3cccc(NC(=O)c4ccccc4Br)c3)nc2s1. The molecule has 31 heavy (non-hydrogen) atoms. The zero-order valence-corrected chi connectivity index (χ0v) is 18.6. The Labute approximate surface area is 188 Å². The molecule has 0 saturated heterocycles. The summed E-state index contributed by atoms with van der Waals surface area (Å²) in [5, 5.41) is 7.54. The number of fused-ring (bicyclic) bond motifs is 1. The number of nitrogens with one attached hydrogen (secondary N) is 1. The fourth-order valence-corrected chi connectivity index (χ4v) is 4.05. The average molecular weight is 499 g/mol. The topological polar surface area (TPSA) is 103 Å². The van der Waals surface area contributed by atoms with Crippen molar-refractivity contribution in [2.45, 2.75) is 13.5 Å². The molecule has 1 N–H and O–H groups in total. The van der Waals surface area contributed by atoms with Gasteiger partial charge in [0.15, 0.2) is 0 Å². The first kappa shape index (κ1) is 20.9. The van der Waals surface area contributed by atoms with Crippen LogP contribution in [0.3, 0.4) is 0 Å². The minimum atomic E-state index is -0.598. The highest BCUT2D eigenvalue weighted by atomic mass is 79.9. The maximum absolute atomic E-state index is 12.5. The summed E-state index contributed by atoms with van der Waals surface area (Å²) in [6, 6.07) is 14.7. The number of hydrogen-bond acceptors (Lipinski definition) is 7. The lowest BCUT2D eigenvalue weighted by Crippen LogP contribution is -2.16. The molecule has 0 atom stereocenters. The second-order valence-corrected chi connectivity index (χ2v) is 8.51. The highest BCUT2D eigenvalue weighted by Crippen LogP contribution is 2.19. The minimum Gasteiger partial charge on any atom is -0.456 e. The molecule has 4 aromatic rings. The van der Waals surface area contributed by atoms with Gasteiger partial charge in [0.2, 0.25) is 4.96 Å². The molecule has 2 aromatic heterocycles. The molecule has 0 unspecified atom stereocenters. The lowest BCUT2D eigenvalue weighted by Gasteiger charge is -2.09. The van der Waals surface area contributed by atoms with Gasteiger partial charge in [0.1, 0.15) is 11.6 Å². The van der Waals surface area contributed by atoms with E-state index >= 15 is 0 Å². The van der Waals surface area contributed by atoms with Gasteiger partial charge >= 0.3 is 5.97 Å². The second-order valence-electron chi connectivity index (χ2n) is 6.49. The number of amides is 1. The van der Waals surface area contributed by atoms with Crippen molar-refractivity contribution >= 4 is 49.8 Å². The number of ether oxygens (including phenoxy) is 1. The summed E-state index contributed by atoms with van der Waals surface area (Å²) in [6.45, 7) is 1.62. The molecule has 0 aliphatic rings. The van der Waals surface area contributed by atoms with Crippen molar-refractivity contribution in [1.29, 1.82) is 0 Å². The number of benzene rings is 2. The van der Waals surface area contributed by atoms with E-state index in [0.717, 1.165) is 0 Å². The van der Waals surface area contributed by atoms with E-state index in [1.807, 2.05) is 6.07 Å². The molecule has 0 bridgehead atoms. The van der Waals surface area contributed by atoms with Gasteiger partial charge in [-0.25, -0.2) is 9.78 Å². The van der Waals surface area contributed by atoms with E-state index in [1.165, 1.54) is 28.0 Å². The summed E-state index contributed by atoms with van der Waals surface area (Å²) in [7, 11) is 0. The van der Waals surface area contributed by atoms with Crippen molar-refractivity contribution < 1.29 is 14.3 Å². The minimum absolute atomic E-state index is 0.158. The molecule has 2 heterocycles. The fraction of sp³-hybridized carbons (Fsp3) is 0.0952. The maximum atomic E-state index is 12.5. The van der Waals surface area contributed by atoms with Crippen LogP contribution >= 0.6 is 27.3 Å². The van der Waals surface area contributed by atoms with E-state index in [9.17, 15) is 14.4 Å². The molecule has 1 amide bonds. The Balaban J connectivity index is 1.45. The van der Waals surface area contributed by atoms with E-state index in [0.29, 0.717) is 31.4 Å². The number of aryl methyl sites for hydroxylation is 1. The first-order valence-corrected chi connectivity index (χ1v) is 10.7. The highest BCUT2D eigenvalue weighted by molar-refractivity contribution is 9.10. The Morgan fingerprint density at radius 1 is 1.16 bits per heavy atom. The molecular weight excluding hydrogens is 484 g/mol. The summed E-state index contributed by atoms with van der Waals surface area (Å²) in [5.74, 6) is -0.907. The van der Waals surface area contributed by atoms with Gasteiger partial charge in [-0.3, -0.25) is 9.59 Å². The van der Waals surface area contributed by atoms with Gasteiger partial charge in [-0.2, -0.15) is 9.61 Å². The van der Waals surface area contributed by atoms with Crippen molar-refractivity contribution in [1.82, 2.24) is 14.6 Å². The number of nitrogens with zero attached hydrogens (tertiary/aromatic N) is 3. The summed E-state index contributed by atoms with van der Waals surface area (Å²) in [6.07, 6.45) is 0. The van der Waals surface area contributed by atoms with Crippen LogP contribution in [0.1, 0.15) is 31.4 Å². The lowest BCUT2D eigenvalue weighted by molar-refractivity contribution is 0.0467. The number of halogens is 1. The van der Waals surface area contributed by atoms with Crippen LogP contribution in [0.2, 0.25) is 0 Å². The molecule has 10 heteroatoms. The molecular formula is C21H15BrN4O4S. The third-order valence-electron chi connectivity index (χ3n) is 4.22. The van der Waals surface area contributed by atoms with Crippen LogP contribution in [0, 0.1) is 6.92 Å². The van der Waals surface area contributed by atoms with E-state index < -0.39 is 5.97 Å². The third kappa shape index (κ3) is 4.70. The monoisotopic (exact) mass is 498 g/mol. The molecule has 0 spiro atoms. The number of rotatable bonds is 5. The van der Waals surface area contributed by atoms with Crippen LogP contribution in [0.5, 0.6) is 0 Å². The zero-order valence-electron chi connectivity index (χ0n) is 16.2. The standard InChI is InChI=1S/C21H15BrN4O4S/c1-12-25-26-18(27)10-15(24-21(26)31-12)11-30-20(29)13-5-4-6-14(9-13)23-19(28)16-7-2-3-8-17(16)22/h2-10H,11H2,1H3,(H,23,28). The number of carbonyl (C=O) groups is 2. The molecule has 8 nitrogen and oxygen atoms in total. The van der Waals surface area contributed by atoms with Crippen LogP contribution < -0.4 is 10.9 Å². The molecule has 0 saturated carbocycles. The molecule has 0 fully saturated rings. The number of carbonyl (C=O) groups excluding carboxylic acids is 2. The van der Waals surface area contributed by atoms with Crippen molar-refractivity contribution in [2.24, 2.45) is 0 Å². The van der Waals surface area contributed by atoms with Gasteiger partial charge in [-0.1, -0.05) is 29.5 Å². The van der Waals surface area contributed by atoms with Crippen LogP contribution in [0.25, 0.3) is 4.96 Å². The van der Waals surface area contributed by atoms with E-state index in [2.05, 4.69) is 31.3 Å². The second kappa shape index (κ2) is 8.78. The van der Waals surface area contributed by atoms with Crippen molar-refractivity contribution in [3.63, 3.8) is 0 Å². The summed E-state index contributed by atoms with van der Waals surface area (Å²) >= 11 is 4.62. The number of anilines is 1. The third-order valence-corrected chi connectivity index (χ3v) is 5.74. The Bertz CT molecular complexity index is 1370. The van der Waals surface area contributed by atoms with Crippen LogP contribution in [0.15, 0.2) is 63.9 Å². The summed E-state index contributed by atoms with van der Waals surface area (Å²) in [4.78, 5) is 41.8. The predicted octanol–water partition coefficient (Wildman–Crippen LogP) is 3.83. The Kier molecular flexibility index (Phi) is 5.92. The molecule has 0 aliphatic heterocycles. The van der Waals surface area contributed by atoms with E-state index in [-0.39, 0.29) is 23.6 Å². The predicted molar refractivity (Wildman–Crippen MR) is 120 cm³/mol. The van der Waals surface area contributed by atoms with Crippen molar-refractivity contribution in [3.05, 3.63) is 91.3 Å². The Hall–Kier alpha value is -3.37. The molecule has 2 aromatic carbocycles. The van der Waals surface area contributed by atoms with Gasteiger partial charge in [0, 0.05) is 16.2 Å².